The van der Waals surface area contributed by atoms with Crippen molar-refractivity contribution in [1.29, 1.82) is 0 Å². The Balaban J connectivity index is 1.67. The highest BCUT2D eigenvalue weighted by Gasteiger charge is 2.17. The largest absolute Gasteiger partial charge is 0.339 e. The third-order valence-corrected chi connectivity index (χ3v) is 4.77. The molecule has 0 unspecified atom stereocenters. The highest BCUT2D eigenvalue weighted by molar-refractivity contribution is 5.92. The summed E-state index contributed by atoms with van der Waals surface area (Å²) in [5.74, 6) is 0.947. The summed E-state index contributed by atoms with van der Waals surface area (Å²) in [5, 5.41) is 7.00. The number of hydrogen-bond donors (Lipinski definition) is 1. The molecule has 152 valence electrons. The molecule has 29 heavy (non-hydrogen) atoms. The first-order valence-electron chi connectivity index (χ1n) is 9.86. The molecule has 0 spiro atoms. The first-order valence-corrected chi connectivity index (χ1v) is 9.86. The Morgan fingerprint density at radius 1 is 1.03 bits per heavy atom. The molecule has 1 heterocycles. The summed E-state index contributed by atoms with van der Waals surface area (Å²) in [7, 11) is 0. The number of carbonyl (C=O) groups excluding carboxylic acids is 1. The van der Waals surface area contributed by atoms with Gasteiger partial charge in [0, 0.05) is 24.1 Å². The monoisotopic (exact) mass is 395 g/mol. The van der Waals surface area contributed by atoms with Gasteiger partial charge in [-0.15, -0.1) is 0 Å². The lowest BCUT2D eigenvalue weighted by Gasteiger charge is -2.20. The van der Waals surface area contributed by atoms with Crippen molar-refractivity contribution in [2.75, 3.05) is 5.32 Å². The normalized spacial score (nSPS) is 11.3. The second-order valence-electron chi connectivity index (χ2n) is 7.69. The number of anilines is 1. The fraction of sp³-hybridized carbons (Fsp3) is 0.348. The zero-order chi connectivity index (χ0) is 21.0. The second-order valence-corrected chi connectivity index (χ2v) is 7.69. The number of aryl methyl sites for hydroxylation is 1. The van der Waals surface area contributed by atoms with E-state index in [9.17, 15) is 9.18 Å². The molecular weight excluding hydrogens is 369 g/mol. The van der Waals surface area contributed by atoms with Gasteiger partial charge in [-0.3, -0.25) is 4.79 Å². The fourth-order valence-corrected chi connectivity index (χ4v) is 3.19. The van der Waals surface area contributed by atoms with Crippen molar-refractivity contribution < 1.29 is 13.7 Å². The number of para-hydroxylation sites is 1. The Bertz CT molecular complexity index is 952. The number of amides is 1. The summed E-state index contributed by atoms with van der Waals surface area (Å²) in [6, 6.07) is 12.0. The van der Waals surface area contributed by atoms with Crippen LogP contribution in [0, 0.1) is 5.82 Å². The van der Waals surface area contributed by atoms with E-state index in [0.29, 0.717) is 35.5 Å². The molecule has 2 aromatic carbocycles. The van der Waals surface area contributed by atoms with Crippen LogP contribution >= 0.6 is 0 Å². The van der Waals surface area contributed by atoms with Crippen LogP contribution in [0.4, 0.5) is 10.1 Å². The number of benzene rings is 2. The van der Waals surface area contributed by atoms with Gasteiger partial charge in [-0.2, -0.15) is 4.98 Å². The van der Waals surface area contributed by atoms with Gasteiger partial charge in [0.15, 0.2) is 0 Å². The van der Waals surface area contributed by atoms with Gasteiger partial charge >= 0.3 is 0 Å². The topological polar surface area (TPSA) is 68.0 Å². The lowest BCUT2D eigenvalue weighted by molar-refractivity contribution is -0.116. The smallest absolute Gasteiger partial charge is 0.227 e. The number of rotatable bonds is 7. The van der Waals surface area contributed by atoms with Crippen molar-refractivity contribution in [1.82, 2.24) is 10.1 Å². The maximum atomic E-state index is 13.0. The second kappa shape index (κ2) is 8.99. The van der Waals surface area contributed by atoms with Crippen molar-refractivity contribution in [3.8, 4) is 11.4 Å². The maximum absolute atomic E-state index is 13.0. The van der Waals surface area contributed by atoms with Crippen LogP contribution in [-0.2, 0) is 11.2 Å². The summed E-state index contributed by atoms with van der Waals surface area (Å²) in [5.41, 5.74) is 3.82. The average Bonchev–Trinajstić information content (AvgIpc) is 3.15. The van der Waals surface area contributed by atoms with Crippen LogP contribution < -0.4 is 5.32 Å². The molecule has 0 atom stereocenters. The Morgan fingerprint density at radius 2 is 1.66 bits per heavy atom. The molecule has 3 aromatic rings. The quantitative estimate of drug-likeness (QED) is 0.558. The van der Waals surface area contributed by atoms with Crippen molar-refractivity contribution >= 4 is 11.6 Å². The van der Waals surface area contributed by atoms with Crippen molar-refractivity contribution in [3.63, 3.8) is 0 Å². The fourth-order valence-electron chi connectivity index (χ4n) is 3.19. The number of nitrogens with zero attached hydrogens (tertiary/aromatic N) is 2. The molecule has 5 nitrogen and oxygen atoms in total. The third-order valence-electron chi connectivity index (χ3n) is 4.77. The van der Waals surface area contributed by atoms with E-state index in [2.05, 4.69) is 55.3 Å². The molecular formula is C23H26FN3O2. The van der Waals surface area contributed by atoms with Crippen LogP contribution in [0.25, 0.3) is 11.4 Å². The molecule has 0 aliphatic heterocycles. The third kappa shape index (κ3) is 5.08. The summed E-state index contributed by atoms with van der Waals surface area (Å²) < 4.78 is 18.3. The lowest BCUT2D eigenvalue weighted by atomic mass is 9.92. The zero-order valence-electron chi connectivity index (χ0n) is 17.2. The number of halogens is 1. The predicted octanol–water partition coefficient (Wildman–Crippen LogP) is 5.69. The van der Waals surface area contributed by atoms with Crippen LogP contribution in [0.2, 0.25) is 0 Å². The van der Waals surface area contributed by atoms with E-state index >= 15 is 0 Å². The summed E-state index contributed by atoms with van der Waals surface area (Å²) >= 11 is 0. The zero-order valence-corrected chi connectivity index (χ0v) is 17.2. The average molecular weight is 395 g/mol. The van der Waals surface area contributed by atoms with Gasteiger partial charge in [-0.05, 0) is 47.2 Å². The van der Waals surface area contributed by atoms with E-state index in [4.69, 9.17) is 4.52 Å². The minimum Gasteiger partial charge on any atom is -0.339 e. The lowest BCUT2D eigenvalue weighted by Crippen LogP contribution is -2.16. The molecule has 0 aliphatic carbocycles. The van der Waals surface area contributed by atoms with Crippen LogP contribution in [0.1, 0.15) is 63.0 Å². The van der Waals surface area contributed by atoms with Gasteiger partial charge in [0.2, 0.25) is 17.6 Å². The number of carbonyl (C=O) groups is 1. The van der Waals surface area contributed by atoms with Crippen molar-refractivity contribution in [2.45, 2.75) is 52.4 Å². The summed E-state index contributed by atoms with van der Waals surface area (Å²) in [6.07, 6.45) is 0.565. The van der Waals surface area contributed by atoms with E-state index in [-0.39, 0.29) is 18.1 Å². The summed E-state index contributed by atoms with van der Waals surface area (Å²) in [6.45, 7) is 8.46. The van der Waals surface area contributed by atoms with Crippen molar-refractivity contribution in [3.05, 3.63) is 65.3 Å². The van der Waals surface area contributed by atoms with Gasteiger partial charge in [-0.25, -0.2) is 4.39 Å². The van der Waals surface area contributed by atoms with Crippen LogP contribution in [0.15, 0.2) is 47.0 Å². The highest BCUT2D eigenvalue weighted by Crippen LogP contribution is 2.32. The van der Waals surface area contributed by atoms with Crippen molar-refractivity contribution in [2.24, 2.45) is 0 Å². The molecule has 0 radical (unpaired) electrons. The van der Waals surface area contributed by atoms with Gasteiger partial charge in [-0.1, -0.05) is 51.1 Å². The highest BCUT2D eigenvalue weighted by atomic mass is 19.1. The van der Waals surface area contributed by atoms with E-state index in [0.717, 1.165) is 16.8 Å². The Hall–Kier alpha value is -3.02. The maximum Gasteiger partial charge on any atom is 0.227 e. The molecule has 0 saturated carbocycles. The molecule has 6 heteroatoms. The predicted molar refractivity (Wildman–Crippen MR) is 111 cm³/mol. The number of aromatic nitrogens is 2. The molecule has 0 fully saturated rings. The minimum atomic E-state index is -0.323. The Labute approximate surface area is 170 Å². The molecule has 3 rings (SSSR count). The van der Waals surface area contributed by atoms with Gasteiger partial charge in [0.25, 0.3) is 0 Å². The molecule has 1 amide bonds. The molecule has 0 bridgehead atoms. The van der Waals surface area contributed by atoms with Gasteiger partial charge < -0.3 is 9.84 Å². The SMILES string of the molecule is CC(C)c1cccc(C(C)C)c1NC(=O)CCc1nc(-c2ccc(F)cc2)no1. The first kappa shape index (κ1) is 20.7. The van der Waals surface area contributed by atoms with Gasteiger partial charge in [0.1, 0.15) is 5.82 Å². The van der Waals surface area contributed by atoms with Crippen LogP contribution in [0.3, 0.4) is 0 Å². The Morgan fingerprint density at radius 3 is 2.24 bits per heavy atom. The van der Waals surface area contributed by atoms with E-state index in [1.165, 1.54) is 12.1 Å². The van der Waals surface area contributed by atoms with Crippen LogP contribution in [0.5, 0.6) is 0 Å². The Kier molecular flexibility index (Phi) is 6.42. The van der Waals surface area contributed by atoms with E-state index in [1.54, 1.807) is 12.1 Å². The minimum absolute atomic E-state index is 0.0958. The summed E-state index contributed by atoms with van der Waals surface area (Å²) in [4.78, 5) is 16.9. The number of hydrogen-bond acceptors (Lipinski definition) is 4. The number of nitrogens with one attached hydrogen (secondary N) is 1. The van der Waals surface area contributed by atoms with Gasteiger partial charge in [0.05, 0.1) is 0 Å². The van der Waals surface area contributed by atoms with E-state index in [1.807, 2.05) is 6.07 Å². The first-order chi connectivity index (χ1) is 13.8. The van der Waals surface area contributed by atoms with E-state index < -0.39 is 0 Å². The molecule has 0 aliphatic rings. The van der Waals surface area contributed by atoms with Crippen LogP contribution in [-0.4, -0.2) is 16.0 Å². The standard InChI is InChI=1S/C23H26FN3O2/c1-14(2)18-6-5-7-19(15(3)4)22(18)25-20(28)12-13-21-26-23(27-29-21)16-8-10-17(24)11-9-16/h5-11,14-15H,12-13H2,1-4H3,(H,25,28). The molecule has 1 N–H and O–H groups in total. The molecule has 1 aromatic heterocycles. The molecule has 0 saturated heterocycles.